The molecular weight excluding hydrogens is 486 g/mol. The van der Waals surface area contributed by atoms with Gasteiger partial charge in [-0.2, -0.15) is 0 Å². The summed E-state index contributed by atoms with van der Waals surface area (Å²) < 4.78 is 0. The fourth-order valence-electron chi connectivity index (χ4n) is 3.70. The summed E-state index contributed by atoms with van der Waals surface area (Å²) in [5.74, 6) is 0.186. The highest BCUT2D eigenvalue weighted by Gasteiger charge is 2.47. The highest BCUT2D eigenvalue weighted by Crippen LogP contribution is 2.55. The molecule has 1 nitrogen and oxygen atoms in total. The van der Waals surface area contributed by atoms with Crippen LogP contribution in [0.15, 0.2) is 121 Å². The fraction of sp³-hybridized carbons (Fsp3) is 0.0385. The lowest BCUT2D eigenvalue weighted by molar-refractivity contribution is -0.0000132. The van der Waals surface area contributed by atoms with E-state index in [1.807, 2.05) is 48.5 Å². The van der Waals surface area contributed by atoms with E-state index >= 15 is 0 Å². The lowest BCUT2D eigenvalue weighted by atomic mass is 10.2. The number of benzene rings is 4. The summed E-state index contributed by atoms with van der Waals surface area (Å²) in [5, 5.41) is 3.70. The Hall–Kier alpha value is -2.29. The van der Waals surface area contributed by atoms with E-state index in [9.17, 15) is 4.79 Å². The van der Waals surface area contributed by atoms with E-state index < -0.39 is 7.26 Å². The molecule has 144 valence electrons. The van der Waals surface area contributed by atoms with Gasteiger partial charge >= 0.3 is 0 Å². The number of carbonyl (C=O) groups excluding carboxylic acids is 1. The van der Waals surface area contributed by atoms with Crippen molar-refractivity contribution in [3.63, 3.8) is 0 Å². The Morgan fingerprint density at radius 3 is 1.17 bits per heavy atom. The van der Waals surface area contributed by atoms with Gasteiger partial charge in [0.1, 0.15) is 29.3 Å². The topological polar surface area (TPSA) is 17.1 Å². The quantitative estimate of drug-likeness (QED) is 0.221. The predicted octanol–water partition coefficient (Wildman–Crippen LogP) is 1.87. The molecule has 0 saturated heterocycles. The van der Waals surface area contributed by atoms with Crippen LogP contribution in [0.3, 0.4) is 0 Å². The number of halogens is 1. The van der Waals surface area contributed by atoms with Gasteiger partial charge in [-0.25, -0.2) is 0 Å². The zero-order valence-corrected chi connectivity index (χ0v) is 19.0. The molecule has 0 aliphatic carbocycles. The number of rotatable bonds is 6. The third-order valence-corrected chi connectivity index (χ3v) is 9.37. The smallest absolute Gasteiger partial charge is 0.201 e. The zero-order chi connectivity index (χ0) is 19.2. The number of Topliss-reactive ketones (excluding diaryl/α,β-unsaturated/α-hetero) is 1. The van der Waals surface area contributed by atoms with Crippen LogP contribution in [-0.4, -0.2) is 11.9 Å². The van der Waals surface area contributed by atoms with Crippen LogP contribution in [0.1, 0.15) is 10.4 Å². The molecule has 0 heterocycles. The fourth-order valence-corrected chi connectivity index (χ4v) is 7.80. The van der Waals surface area contributed by atoms with Gasteiger partial charge in [-0.05, 0) is 36.4 Å². The second-order valence-electron chi connectivity index (χ2n) is 6.76. The minimum absolute atomic E-state index is 0. The third kappa shape index (κ3) is 4.49. The second-order valence-corrected chi connectivity index (χ2v) is 10.2. The first-order valence-corrected chi connectivity index (χ1v) is 11.4. The van der Waals surface area contributed by atoms with Gasteiger partial charge in [0.05, 0.1) is 0 Å². The Morgan fingerprint density at radius 2 is 0.828 bits per heavy atom. The molecule has 0 fully saturated rings. The van der Waals surface area contributed by atoms with E-state index in [-0.39, 0.29) is 29.8 Å². The highest BCUT2D eigenvalue weighted by molar-refractivity contribution is 7.96. The van der Waals surface area contributed by atoms with Crippen molar-refractivity contribution < 1.29 is 28.8 Å². The Labute approximate surface area is 190 Å². The summed E-state index contributed by atoms with van der Waals surface area (Å²) in [5.41, 5.74) is 0.773. The van der Waals surface area contributed by atoms with Crippen LogP contribution in [0, 0.1) is 0 Å². The van der Waals surface area contributed by atoms with Gasteiger partial charge in [-0.1, -0.05) is 84.9 Å². The largest absolute Gasteiger partial charge is 1.00 e. The van der Waals surface area contributed by atoms with E-state index in [2.05, 4.69) is 72.8 Å². The maximum atomic E-state index is 13.4. The second kappa shape index (κ2) is 9.96. The Morgan fingerprint density at radius 1 is 0.517 bits per heavy atom. The van der Waals surface area contributed by atoms with Crippen molar-refractivity contribution in [2.24, 2.45) is 0 Å². The molecule has 0 aromatic heterocycles. The van der Waals surface area contributed by atoms with Crippen LogP contribution in [0.25, 0.3) is 0 Å². The maximum absolute atomic E-state index is 13.4. The van der Waals surface area contributed by atoms with Crippen LogP contribution >= 0.6 is 7.26 Å². The molecule has 0 bridgehead atoms. The number of hydrogen-bond donors (Lipinski definition) is 0. The molecule has 0 radical (unpaired) electrons. The normalized spacial score (nSPS) is 10.8. The minimum atomic E-state index is -2.12. The summed E-state index contributed by atoms with van der Waals surface area (Å²) in [6.45, 7) is 0. The molecule has 0 N–H and O–H groups in total. The molecule has 4 aromatic carbocycles. The third-order valence-electron chi connectivity index (χ3n) is 5.07. The molecule has 29 heavy (non-hydrogen) atoms. The monoisotopic (exact) mass is 508 g/mol. The van der Waals surface area contributed by atoms with Crippen molar-refractivity contribution in [3.8, 4) is 0 Å². The summed E-state index contributed by atoms with van der Waals surface area (Å²) in [6.07, 6.45) is 0.481. The van der Waals surface area contributed by atoms with Crippen LogP contribution in [0.2, 0.25) is 0 Å². The van der Waals surface area contributed by atoms with Crippen molar-refractivity contribution in [1.29, 1.82) is 0 Å². The summed E-state index contributed by atoms with van der Waals surface area (Å²) in [4.78, 5) is 13.4. The number of ketones is 1. The van der Waals surface area contributed by atoms with E-state index in [0.717, 1.165) is 5.56 Å². The van der Waals surface area contributed by atoms with E-state index in [0.29, 0.717) is 6.16 Å². The number of carbonyl (C=O) groups is 1. The lowest BCUT2D eigenvalue weighted by Gasteiger charge is -2.27. The van der Waals surface area contributed by atoms with Crippen molar-refractivity contribution in [2.45, 2.75) is 0 Å². The Balaban J connectivity index is 0.00000240. The molecule has 0 amide bonds. The van der Waals surface area contributed by atoms with Gasteiger partial charge in [0, 0.05) is 5.56 Å². The SMILES string of the molecule is O=C(C[P+](c1ccccc1)(c1ccccc1)c1ccccc1)c1ccccc1.[I-]. The molecule has 4 rings (SSSR count). The lowest BCUT2D eigenvalue weighted by Crippen LogP contribution is -3.00. The van der Waals surface area contributed by atoms with Crippen LogP contribution in [0.5, 0.6) is 0 Å². The van der Waals surface area contributed by atoms with Crippen molar-refractivity contribution in [2.75, 3.05) is 6.16 Å². The average molecular weight is 508 g/mol. The van der Waals surface area contributed by atoms with Gasteiger partial charge in [0.25, 0.3) is 0 Å². The zero-order valence-electron chi connectivity index (χ0n) is 16.0. The first-order valence-electron chi connectivity index (χ1n) is 9.44. The molecule has 4 aromatic rings. The summed E-state index contributed by atoms with van der Waals surface area (Å²) in [6, 6.07) is 41.2. The average Bonchev–Trinajstić information content (AvgIpc) is 2.80. The van der Waals surface area contributed by atoms with Crippen LogP contribution < -0.4 is 39.9 Å². The molecular formula is C26H22IOP. The highest BCUT2D eigenvalue weighted by atomic mass is 127. The molecule has 0 atom stereocenters. The Bertz CT molecular complexity index is 938. The number of hydrogen-bond acceptors (Lipinski definition) is 1. The van der Waals surface area contributed by atoms with Crippen molar-refractivity contribution in [1.82, 2.24) is 0 Å². The predicted molar refractivity (Wildman–Crippen MR) is 121 cm³/mol. The van der Waals surface area contributed by atoms with Crippen LogP contribution in [0.4, 0.5) is 0 Å². The van der Waals surface area contributed by atoms with Gasteiger partial charge < -0.3 is 24.0 Å². The molecule has 0 unspecified atom stereocenters. The van der Waals surface area contributed by atoms with Crippen LogP contribution in [-0.2, 0) is 0 Å². The summed E-state index contributed by atoms with van der Waals surface area (Å²) in [7, 11) is -2.12. The van der Waals surface area contributed by atoms with Crippen molar-refractivity contribution >= 4 is 29.0 Å². The first-order chi connectivity index (χ1) is 13.8. The maximum Gasteiger partial charge on any atom is 0.201 e. The van der Waals surface area contributed by atoms with Gasteiger partial charge in [0.2, 0.25) is 5.78 Å². The molecule has 0 aliphatic rings. The van der Waals surface area contributed by atoms with E-state index in [1.165, 1.54) is 15.9 Å². The molecule has 0 spiro atoms. The van der Waals surface area contributed by atoms with Crippen molar-refractivity contribution in [3.05, 3.63) is 127 Å². The first kappa shape index (κ1) is 21.4. The Kier molecular flexibility index (Phi) is 7.35. The summed E-state index contributed by atoms with van der Waals surface area (Å²) >= 11 is 0. The van der Waals surface area contributed by atoms with E-state index in [1.54, 1.807) is 0 Å². The molecule has 0 saturated carbocycles. The molecule has 3 heteroatoms. The van der Waals surface area contributed by atoms with E-state index in [4.69, 9.17) is 0 Å². The van der Waals surface area contributed by atoms with Gasteiger partial charge in [-0.15, -0.1) is 0 Å². The molecule has 0 aliphatic heterocycles. The minimum Gasteiger partial charge on any atom is -1.00 e. The van der Waals surface area contributed by atoms with Gasteiger partial charge in [-0.3, -0.25) is 4.79 Å². The standard InChI is InChI=1S/C26H22OP.HI/c27-26(22-13-5-1-6-14-22)21-28(23-15-7-2-8-16-23,24-17-9-3-10-18-24)25-19-11-4-12-20-25;/h1-20H,21H2;1H/q+1;/p-1. The van der Waals surface area contributed by atoms with Gasteiger partial charge in [0.15, 0.2) is 0 Å².